The zero-order chi connectivity index (χ0) is 22.6. The van der Waals surface area contributed by atoms with Crippen LogP contribution in [0.25, 0.3) is 0 Å². The highest BCUT2D eigenvalue weighted by Gasteiger charge is 2.42. The Morgan fingerprint density at radius 3 is 2.23 bits per heavy atom. The average molecular weight is 444 g/mol. The summed E-state index contributed by atoms with van der Waals surface area (Å²) in [6, 6.07) is 6.83. The van der Waals surface area contributed by atoms with Crippen LogP contribution in [0.15, 0.2) is 24.3 Å². The largest absolute Gasteiger partial charge is 0.301 e. The smallest absolute Gasteiger partial charge is 0.206 e. The molecule has 4 atom stereocenters. The van der Waals surface area contributed by atoms with Gasteiger partial charge < -0.3 is 5.41 Å². The van der Waals surface area contributed by atoms with Crippen LogP contribution in [0.5, 0.6) is 0 Å². The fourth-order valence-corrected chi connectivity index (χ4v) is 5.97. The van der Waals surface area contributed by atoms with Crippen molar-refractivity contribution in [2.24, 2.45) is 29.1 Å². The minimum Gasteiger partial charge on any atom is -0.301 e. The summed E-state index contributed by atoms with van der Waals surface area (Å²) in [5.41, 5.74) is 1.08. The Hall–Kier alpha value is -1.48. The molecule has 0 amide bonds. The van der Waals surface area contributed by atoms with Crippen LogP contribution >= 0.6 is 11.6 Å². The molecule has 0 heterocycles. The lowest BCUT2D eigenvalue weighted by Gasteiger charge is -2.35. The SMILES string of the molecule is CC(C)(C)CCCC(=O)CCC1[C@@H]2CC[C@H]1CC(CC(=N)C(=O)c1ccc(Cl)cc1)C2. The van der Waals surface area contributed by atoms with Crippen LogP contribution in [0.3, 0.4) is 0 Å². The molecule has 3 rings (SSSR count). The van der Waals surface area contributed by atoms with Gasteiger partial charge in [0.2, 0.25) is 5.78 Å². The second-order valence-electron chi connectivity index (χ2n) is 11.1. The van der Waals surface area contributed by atoms with Gasteiger partial charge in [-0.2, -0.15) is 0 Å². The Balaban J connectivity index is 1.44. The van der Waals surface area contributed by atoms with Crippen LogP contribution in [-0.4, -0.2) is 17.3 Å². The van der Waals surface area contributed by atoms with Crippen LogP contribution in [0.1, 0.15) is 95.3 Å². The molecular weight excluding hydrogens is 406 g/mol. The fourth-order valence-electron chi connectivity index (χ4n) is 5.84. The number of benzene rings is 1. The summed E-state index contributed by atoms with van der Waals surface area (Å²) in [5, 5.41) is 8.95. The summed E-state index contributed by atoms with van der Waals surface area (Å²) in [6.45, 7) is 6.70. The maximum Gasteiger partial charge on any atom is 0.206 e. The van der Waals surface area contributed by atoms with E-state index in [1.165, 1.54) is 12.8 Å². The van der Waals surface area contributed by atoms with Crippen LogP contribution in [0, 0.1) is 34.5 Å². The monoisotopic (exact) mass is 443 g/mol. The van der Waals surface area contributed by atoms with E-state index in [2.05, 4.69) is 20.8 Å². The summed E-state index contributed by atoms with van der Waals surface area (Å²) in [4.78, 5) is 25.0. The van der Waals surface area contributed by atoms with Crippen LogP contribution in [-0.2, 0) is 4.79 Å². The van der Waals surface area contributed by atoms with E-state index in [9.17, 15) is 9.59 Å². The summed E-state index contributed by atoms with van der Waals surface area (Å²) in [5.74, 6) is 2.70. The van der Waals surface area contributed by atoms with Gasteiger partial charge in [0.1, 0.15) is 5.78 Å². The van der Waals surface area contributed by atoms with E-state index in [1.807, 2.05) is 0 Å². The summed E-state index contributed by atoms with van der Waals surface area (Å²) < 4.78 is 0. The van der Waals surface area contributed by atoms with Crippen LogP contribution in [0.4, 0.5) is 0 Å². The van der Waals surface area contributed by atoms with E-state index >= 15 is 0 Å². The summed E-state index contributed by atoms with van der Waals surface area (Å²) >= 11 is 5.91. The van der Waals surface area contributed by atoms with E-state index in [1.54, 1.807) is 24.3 Å². The molecule has 2 aliphatic carbocycles. The minimum atomic E-state index is -0.174. The lowest BCUT2D eigenvalue weighted by Crippen LogP contribution is -2.29. The highest BCUT2D eigenvalue weighted by Crippen LogP contribution is 2.51. The van der Waals surface area contributed by atoms with Crippen molar-refractivity contribution < 1.29 is 9.59 Å². The molecule has 170 valence electrons. The number of carbonyl (C=O) groups is 2. The van der Waals surface area contributed by atoms with Crippen molar-refractivity contribution in [3.05, 3.63) is 34.9 Å². The fraction of sp³-hybridized carbons (Fsp3) is 0.667. The van der Waals surface area contributed by atoms with E-state index in [0.29, 0.717) is 51.9 Å². The van der Waals surface area contributed by atoms with Crippen LogP contribution in [0.2, 0.25) is 5.02 Å². The van der Waals surface area contributed by atoms with Gasteiger partial charge in [0, 0.05) is 23.4 Å². The molecular formula is C27H38ClNO2. The van der Waals surface area contributed by atoms with E-state index in [4.69, 9.17) is 17.0 Å². The molecule has 3 nitrogen and oxygen atoms in total. The first-order chi connectivity index (χ1) is 14.6. The molecule has 31 heavy (non-hydrogen) atoms. The van der Waals surface area contributed by atoms with Gasteiger partial charge >= 0.3 is 0 Å². The van der Waals surface area contributed by atoms with Gasteiger partial charge in [0.25, 0.3) is 0 Å². The lowest BCUT2D eigenvalue weighted by atomic mass is 9.70. The number of fused-ring (bicyclic) bond motifs is 2. The topological polar surface area (TPSA) is 58.0 Å². The Labute approximate surface area is 192 Å². The average Bonchev–Trinajstić information content (AvgIpc) is 2.93. The molecule has 0 radical (unpaired) electrons. The van der Waals surface area contributed by atoms with Crippen molar-refractivity contribution in [1.82, 2.24) is 0 Å². The van der Waals surface area contributed by atoms with Gasteiger partial charge in [-0.15, -0.1) is 0 Å². The van der Waals surface area contributed by atoms with E-state index in [-0.39, 0.29) is 11.5 Å². The number of hydrogen-bond donors (Lipinski definition) is 1. The Morgan fingerprint density at radius 1 is 1.03 bits per heavy atom. The molecule has 1 aromatic carbocycles. The molecule has 0 aliphatic heterocycles. The molecule has 2 aliphatic rings. The second kappa shape index (κ2) is 10.4. The molecule has 1 N–H and O–H groups in total. The predicted octanol–water partition coefficient (Wildman–Crippen LogP) is 7.55. The number of carbonyl (C=O) groups excluding carboxylic acids is 2. The molecule has 2 saturated carbocycles. The van der Waals surface area contributed by atoms with Crippen molar-refractivity contribution in [3.8, 4) is 0 Å². The zero-order valence-electron chi connectivity index (χ0n) is 19.4. The lowest BCUT2D eigenvalue weighted by molar-refractivity contribution is -0.119. The predicted molar refractivity (Wildman–Crippen MR) is 128 cm³/mol. The molecule has 4 heteroatoms. The van der Waals surface area contributed by atoms with E-state index in [0.717, 1.165) is 44.9 Å². The third-order valence-corrected chi connectivity index (χ3v) is 7.66. The van der Waals surface area contributed by atoms with Crippen molar-refractivity contribution in [3.63, 3.8) is 0 Å². The van der Waals surface area contributed by atoms with Gasteiger partial charge in [-0.05, 0) is 105 Å². The standard InChI is InChI=1S/C27H38ClNO2/c1-27(2,3)14-4-5-23(30)12-13-24-20-6-7-21(24)16-18(15-20)17-25(29)26(31)19-8-10-22(28)11-9-19/h8-11,18,20-21,24,29H,4-7,12-17H2,1-3H3/t18?,20-,21+,24?. The van der Waals surface area contributed by atoms with Gasteiger partial charge in [-0.3, -0.25) is 9.59 Å². The normalized spacial score (nSPS) is 25.4. The van der Waals surface area contributed by atoms with Crippen molar-refractivity contribution in [1.29, 1.82) is 5.41 Å². The van der Waals surface area contributed by atoms with Gasteiger partial charge in [-0.1, -0.05) is 32.4 Å². The Bertz CT molecular complexity index is 778. The van der Waals surface area contributed by atoms with Crippen molar-refractivity contribution in [2.45, 2.75) is 85.0 Å². The van der Waals surface area contributed by atoms with E-state index < -0.39 is 0 Å². The van der Waals surface area contributed by atoms with Crippen molar-refractivity contribution >= 4 is 28.9 Å². The first-order valence-corrected chi connectivity index (χ1v) is 12.4. The van der Waals surface area contributed by atoms with Gasteiger partial charge in [0.05, 0.1) is 5.71 Å². The molecule has 2 bridgehead atoms. The van der Waals surface area contributed by atoms with Gasteiger partial charge in [-0.25, -0.2) is 0 Å². The molecule has 1 aromatic rings. The Morgan fingerprint density at radius 2 is 1.65 bits per heavy atom. The first-order valence-electron chi connectivity index (χ1n) is 12.0. The molecule has 2 fully saturated rings. The minimum absolute atomic E-state index is 0.174. The maximum absolute atomic E-state index is 12.6. The molecule has 0 saturated heterocycles. The number of halogens is 1. The molecule has 0 aromatic heterocycles. The molecule has 0 spiro atoms. The second-order valence-corrected chi connectivity index (χ2v) is 11.5. The number of rotatable bonds is 10. The van der Waals surface area contributed by atoms with Crippen molar-refractivity contribution in [2.75, 3.05) is 0 Å². The van der Waals surface area contributed by atoms with Gasteiger partial charge in [0.15, 0.2) is 0 Å². The number of hydrogen-bond acceptors (Lipinski definition) is 3. The third kappa shape index (κ3) is 7.00. The summed E-state index contributed by atoms with van der Waals surface area (Å²) in [6.07, 6.45) is 9.91. The Kier molecular flexibility index (Phi) is 8.13. The maximum atomic E-state index is 12.6. The summed E-state index contributed by atoms with van der Waals surface area (Å²) in [7, 11) is 0. The molecule has 2 unspecified atom stereocenters. The zero-order valence-corrected chi connectivity index (χ0v) is 20.1. The third-order valence-electron chi connectivity index (χ3n) is 7.40. The first kappa shape index (κ1) is 24.2. The quantitative estimate of drug-likeness (QED) is 0.299. The van der Waals surface area contributed by atoms with Crippen LogP contribution < -0.4 is 0 Å². The number of nitrogens with one attached hydrogen (secondary N) is 1. The highest BCUT2D eigenvalue weighted by atomic mass is 35.5. The number of ketones is 2. The highest BCUT2D eigenvalue weighted by molar-refractivity contribution is 6.45. The number of Topliss-reactive ketones (excluding diaryl/α,β-unsaturated/α-hetero) is 2.